The molecule has 0 spiro atoms. The van der Waals surface area contributed by atoms with Crippen molar-refractivity contribution in [2.75, 3.05) is 0 Å². The van der Waals surface area contributed by atoms with Crippen LogP contribution in [-0.2, 0) is 0 Å². The van der Waals surface area contributed by atoms with Gasteiger partial charge in [-0.1, -0.05) is 12.2 Å². The van der Waals surface area contributed by atoms with Crippen LogP contribution in [-0.4, -0.2) is 0 Å². The highest BCUT2D eigenvalue weighted by atomic mass is 16.3. The standard InChI is InChI=1S/C9H13NO/c1-6(2)9(10)8-4-7(3)11-5-8/h4-5,9H,1,10H2,2-3H3. The van der Waals surface area contributed by atoms with E-state index < -0.39 is 0 Å². The summed E-state index contributed by atoms with van der Waals surface area (Å²) in [6, 6.07) is 1.84. The molecular formula is C9H13NO. The largest absolute Gasteiger partial charge is 0.469 e. The zero-order chi connectivity index (χ0) is 8.43. The number of hydrogen-bond donors (Lipinski definition) is 1. The van der Waals surface area contributed by atoms with Gasteiger partial charge in [-0.2, -0.15) is 0 Å². The molecule has 1 rings (SSSR count). The van der Waals surface area contributed by atoms with E-state index in [4.69, 9.17) is 10.2 Å². The van der Waals surface area contributed by atoms with Gasteiger partial charge < -0.3 is 10.2 Å². The van der Waals surface area contributed by atoms with Crippen LogP contribution in [0.25, 0.3) is 0 Å². The monoisotopic (exact) mass is 151 g/mol. The van der Waals surface area contributed by atoms with E-state index in [1.165, 1.54) is 0 Å². The first kappa shape index (κ1) is 8.08. The van der Waals surface area contributed by atoms with Crippen molar-refractivity contribution in [3.8, 4) is 0 Å². The summed E-state index contributed by atoms with van der Waals surface area (Å²) in [5.41, 5.74) is 7.74. The van der Waals surface area contributed by atoms with Crippen LogP contribution in [0, 0.1) is 6.92 Å². The lowest BCUT2D eigenvalue weighted by Gasteiger charge is -2.06. The Hall–Kier alpha value is -1.02. The van der Waals surface area contributed by atoms with E-state index in [2.05, 4.69) is 6.58 Å². The third-order valence-corrected chi connectivity index (χ3v) is 1.64. The summed E-state index contributed by atoms with van der Waals surface area (Å²) in [6.07, 6.45) is 1.68. The highest BCUT2D eigenvalue weighted by molar-refractivity contribution is 5.23. The van der Waals surface area contributed by atoms with Crippen LogP contribution in [0.5, 0.6) is 0 Å². The van der Waals surface area contributed by atoms with Crippen LogP contribution < -0.4 is 5.73 Å². The molecule has 0 saturated carbocycles. The zero-order valence-electron chi connectivity index (χ0n) is 6.92. The molecule has 1 aromatic rings. The van der Waals surface area contributed by atoms with Crippen LogP contribution in [0.15, 0.2) is 28.9 Å². The number of furan rings is 1. The van der Waals surface area contributed by atoms with E-state index in [-0.39, 0.29) is 6.04 Å². The quantitative estimate of drug-likeness (QED) is 0.658. The molecule has 60 valence electrons. The van der Waals surface area contributed by atoms with Gasteiger partial charge >= 0.3 is 0 Å². The van der Waals surface area contributed by atoms with Crippen LogP contribution in [0.3, 0.4) is 0 Å². The van der Waals surface area contributed by atoms with Crippen LogP contribution >= 0.6 is 0 Å². The molecule has 1 atom stereocenters. The molecule has 0 amide bonds. The summed E-state index contributed by atoms with van der Waals surface area (Å²) in [4.78, 5) is 0. The van der Waals surface area contributed by atoms with Crippen LogP contribution in [0.2, 0.25) is 0 Å². The maximum atomic E-state index is 5.79. The van der Waals surface area contributed by atoms with Gasteiger partial charge in [0, 0.05) is 5.56 Å². The molecule has 0 fully saturated rings. The van der Waals surface area contributed by atoms with Crippen molar-refractivity contribution in [1.82, 2.24) is 0 Å². The second kappa shape index (κ2) is 2.93. The fourth-order valence-corrected chi connectivity index (χ4v) is 0.911. The van der Waals surface area contributed by atoms with Gasteiger partial charge in [-0.25, -0.2) is 0 Å². The molecule has 2 heteroatoms. The summed E-state index contributed by atoms with van der Waals surface area (Å²) in [5, 5.41) is 0. The van der Waals surface area contributed by atoms with E-state index in [0.717, 1.165) is 16.9 Å². The van der Waals surface area contributed by atoms with Gasteiger partial charge in [0.25, 0.3) is 0 Å². The highest BCUT2D eigenvalue weighted by Gasteiger charge is 2.07. The molecule has 0 aliphatic heterocycles. The van der Waals surface area contributed by atoms with Gasteiger partial charge in [-0.15, -0.1) is 0 Å². The lowest BCUT2D eigenvalue weighted by molar-refractivity contribution is 0.530. The molecule has 0 bridgehead atoms. The van der Waals surface area contributed by atoms with E-state index >= 15 is 0 Å². The minimum atomic E-state index is -0.0903. The average Bonchev–Trinajstić information content (AvgIpc) is 2.34. The molecule has 1 heterocycles. The first-order chi connectivity index (χ1) is 5.11. The predicted molar refractivity (Wildman–Crippen MR) is 45.2 cm³/mol. The molecule has 0 aromatic carbocycles. The fourth-order valence-electron chi connectivity index (χ4n) is 0.911. The molecule has 2 N–H and O–H groups in total. The fraction of sp³-hybridized carbons (Fsp3) is 0.333. The van der Waals surface area contributed by atoms with E-state index in [9.17, 15) is 0 Å². The molecule has 0 aliphatic rings. The Labute approximate surface area is 66.7 Å². The van der Waals surface area contributed by atoms with Crippen molar-refractivity contribution in [3.63, 3.8) is 0 Å². The molecule has 0 radical (unpaired) electrons. The first-order valence-electron chi connectivity index (χ1n) is 3.57. The smallest absolute Gasteiger partial charge is 0.101 e. The topological polar surface area (TPSA) is 39.2 Å². The Morgan fingerprint density at radius 2 is 2.36 bits per heavy atom. The maximum absolute atomic E-state index is 5.79. The van der Waals surface area contributed by atoms with Crippen molar-refractivity contribution in [3.05, 3.63) is 35.8 Å². The number of rotatable bonds is 2. The van der Waals surface area contributed by atoms with Crippen molar-refractivity contribution in [1.29, 1.82) is 0 Å². The Balaban J connectivity index is 2.84. The zero-order valence-corrected chi connectivity index (χ0v) is 6.92. The Morgan fingerprint density at radius 1 is 1.73 bits per heavy atom. The van der Waals surface area contributed by atoms with Crippen molar-refractivity contribution >= 4 is 0 Å². The van der Waals surface area contributed by atoms with Gasteiger partial charge in [0.2, 0.25) is 0 Å². The molecular weight excluding hydrogens is 138 g/mol. The van der Waals surface area contributed by atoms with E-state index in [1.807, 2.05) is 19.9 Å². The van der Waals surface area contributed by atoms with Crippen LogP contribution in [0.4, 0.5) is 0 Å². The third-order valence-electron chi connectivity index (χ3n) is 1.64. The minimum absolute atomic E-state index is 0.0903. The van der Waals surface area contributed by atoms with Crippen molar-refractivity contribution in [2.45, 2.75) is 19.9 Å². The highest BCUT2D eigenvalue weighted by Crippen LogP contribution is 2.18. The Kier molecular flexibility index (Phi) is 2.15. The maximum Gasteiger partial charge on any atom is 0.101 e. The minimum Gasteiger partial charge on any atom is -0.469 e. The average molecular weight is 151 g/mol. The number of aryl methyl sites for hydroxylation is 1. The summed E-state index contributed by atoms with van der Waals surface area (Å²) in [5.74, 6) is 0.886. The van der Waals surface area contributed by atoms with Crippen LogP contribution in [0.1, 0.15) is 24.3 Å². The van der Waals surface area contributed by atoms with Crippen molar-refractivity contribution < 1.29 is 4.42 Å². The summed E-state index contributed by atoms with van der Waals surface area (Å²) < 4.78 is 5.11. The molecule has 2 nitrogen and oxygen atoms in total. The summed E-state index contributed by atoms with van der Waals surface area (Å²) in [6.45, 7) is 7.58. The molecule has 0 saturated heterocycles. The molecule has 1 aromatic heterocycles. The van der Waals surface area contributed by atoms with Gasteiger partial charge in [0.1, 0.15) is 5.76 Å². The molecule has 1 unspecified atom stereocenters. The number of hydrogen-bond acceptors (Lipinski definition) is 2. The summed E-state index contributed by atoms with van der Waals surface area (Å²) in [7, 11) is 0. The van der Waals surface area contributed by atoms with Gasteiger partial charge in [0.15, 0.2) is 0 Å². The number of nitrogens with two attached hydrogens (primary N) is 1. The predicted octanol–water partition coefficient (Wildman–Crippen LogP) is 2.16. The molecule has 0 aliphatic carbocycles. The van der Waals surface area contributed by atoms with Gasteiger partial charge in [-0.05, 0) is 19.9 Å². The summed E-state index contributed by atoms with van der Waals surface area (Å²) >= 11 is 0. The van der Waals surface area contributed by atoms with Crippen molar-refractivity contribution in [2.24, 2.45) is 5.73 Å². The first-order valence-corrected chi connectivity index (χ1v) is 3.57. The lowest BCUT2D eigenvalue weighted by atomic mass is 10.1. The van der Waals surface area contributed by atoms with E-state index in [0.29, 0.717) is 0 Å². The van der Waals surface area contributed by atoms with Gasteiger partial charge in [-0.3, -0.25) is 0 Å². The Morgan fingerprint density at radius 3 is 2.73 bits per heavy atom. The normalized spacial score (nSPS) is 13.0. The third kappa shape index (κ3) is 1.71. The SMILES string of the molecule is C=C(C)C(N)c1coc(C)c1. The molecule has 11 heavy (non-hydrogen) atoms. The van der Waals surface area contributed by atoms with E-state index in [1.54, 1.807) is 6.26 Å². The van der Waals surface area contributed by atoms with Gasteiger partial charge in [0.05, 0.1) is 12.3 Å². The Bertz CT molecular complexity index is 262. The second-order valence-corrected chi connectivity index (χ2v) is 2.81. The second-order valence-electron chi connectivity index (χ2n) is 2.81. The lowest BCUT2D eigenvalue weighted by Crippen LogP contribution is -2.09.